The number of ether oxygens (including phenoxy) is 1. The van der Waals surface area contributed by atoms with Crippen molar-refractivity contribution in [3.05, 3.63) is 35.4 Å². The second-order valence-electron chi connectivity index (χ2n) is 4.03. The van der Waals surface area contributed by atoms with E-state index in [0.29, 0.717) is 0 Å². The Balaban J connectivity index is 2.37. The summed E-state index contributed by atoms with van der Waals surface area (Å²) in [5.74, 6) is 0. The summed E-state index contributed by atoms with van der Waals surface area (Å²) in [6, 6.07) is 8.68. The summed E-state index contributed by atoms with van der Waals surface area (Å²) in [6.07, 6.45) is 3.04. The van der Waals surface area contributed by atoms with Crippen molar-refractivity contribution in [1.29, 1.82) is 0 Å². The number of aryl methyl sites for hydroxylation is 1. The van der Waals surface area contributed by atoms with E-state index in [0.717, 1.165) is 25.9 Å². The molecule has 84 valence electrons. The highest BCUT2D eigenvalue weighted by atomic mass is 16.5. The van der Waals surface area contributed by atoms with Crippen molar-refractivity contribution < 1.29 is 4.74 Å². The van der Waals surface area contributed by atoms with Gasteiger partial charge in [-0.3, -0.25) is 0 Å². The van der Waals surface area contributed by atoms with E-state index in [2.05, 4.69) is 31.2 Å². The summed E-state index contributed by atoms with van der Waals surface area (Å²) < 4.78 is 5.01. The van der Waals surface area contributed by atoms with Crippen LogP contribution in [0.15, 0.2) is 24.3 Å². The van der Waals surface area contributed by atoms with Crippen molar-refractivity contribution in [2.45, 2.75) is 32.2 Å². The van der Waals surface area contributed by atoms with E-state index in [1.807, 2.05) is 0 Å². The van der Waals surface area contributed by atoms with Crippen LogP contribution in [-0.4, -0.2) is 19.8 Å². The first-order valence-electron chi connectivity index (χ1n) is 5.53. The van der Waals surface area contributed by atoms with E-state index >= 15 is 0 Å². The number of methoxy groups -OCH3 is 1. The Morgan fingerprint density at radius 1 is 1.33 bits per heavy atom. The van der Waals surface area contributed by atoms with Crippen molar-refractivity contribution in [2.24, 2.45) is 5.73 Å². The summed E-state index contributed by atoms with van der Waals surface area (Å²) in [5, 5.41) is 0. The Hall–Kier alpha value is -0.860. The minimum absolute atomic E-state index is 0.251. The highest BCUT2D eigenvalue weighted by Gasteiger charge is 2.05. The molecule has 1 aromatic carbocycles. The van der Waals surface area contributed by atoms with Crippen molar-refractivity contribution in [3.8, 4) is 0 Å². The molecule has 0 aliphatic carbocycles. The molecule has 15 heavy (non-hydrogen) atoms. The van der Waals surface area contributed by atoms with Gasteiger partial charge in [-0.25, -0.2) is 0 Å². The molecule has 0 aliphatic heterocycles. The van der Waals surface area contributed by atoms with Crippen LogP contribution in [-0.2, 0) is 11.2 Å². The molecule has 2 heteroatoms. The van der Waals surface area contributed by atoms with Crippen LogP contribution in [0.1, 0.15) is 24.0 Å². The van der Waals surface area contributed by atoms with Gasteiger partial charge in [0.05, 0.1) is 0 Å². The monoisotopic (exact) mass is 207 g/mol. The van der Waals surface area contributed by atoms with Crippen LogP contribution in [0.3, 0.4) is 0 Å². The Kier molecular flexibility index (Phi) is 5.37. The molecule has 1 atom stereocenters. The summed E-state index contributed by atoms with van der Waals surface area (Å²) in [6.45, 7) is 2.94. The van der Waals surface area contributed by atoms with Crippen molar-refractivity contribution in [2.75, 3.05) is 13.7 Å². The Labute approximate surface area is 92.4 Å². The molecule has 0 saturated heterocycles. The second-order valence-corrected chi connectivity index (χ2v) is 4.03. The third kappa shape index (κ3) is 4.45. The number of benzene rings is 1. The van der Waals surface area contributed by atoms with Crippen LogP contribution < -0.4 is 5.73 Å². The van der Waals surface area contributed by atoms with E-state index in [1.165, 1.54) is 11.1 Å². The molecule has 0 amide bonds. The van der Waals surface area contributed by atoms with Gasteiger partial charge in [-0.1, -0.05) is 24.3 Å². The summed E-state index contributed by atoms with van der Waals surface area (Å²) >= 11 is 0. The van der Waals surface area contributed by atoms with Crippen LogP contribution >= 0.6 is 0 Å². The first-order valence-corrected chi connectivity index (χ1v) is 5.53. The summed E-state index contributed by atoms with van der Waals surface area (Å²) in [7, 11) is 1.73. The molecule has 0 fully saturated rings. The maximum absolute atomic E-state index is 6.06. The quantitative estimate of drug-likeness (QED) is 0.726. The average molecular weight is 207 g/mol. The number of hydrogen-bond donors (Lipinski definition) is 1. The molecule has 0 bridgehead atoms. The fourth-order valence-electron chi connectivity index (χ4n) is 1.71. The molecule has 2 nitrogen and oxygen atoms in total. The number of rotatable bonds is 6. The molecule has 1 aromatic rings. The van der Waals surface area contributed by atoms with Crippen LogP contribution in [0.5, 0.6) is 0 Å². The van der Waals surface area contributed by atoms with E-state index in [4.69, 9.17) is 10.5 Å². The van der Waals surface area contributed by atoms with Crippen LogP contribution in [0.4, 0.5) is 0 Å². The van der Waals surface area contributed by atoms with Gasteiger partial charge in [-0.15, -0.1) is 0 Å². The van der Waals surface area contributed by atoms with Crippen LogP contribution in [0.2, 0.25) is 0 Å². The normalized spacial score (nSPS) is 12.7. The van der Waals surface area contributed by atoms with Gasteiger partial charge in [0, 0.05) is 19.8 Å². The van der Waals surface area contributed by atoms with Gasteiger partial charge < -0.3 is 10.5 Å². The molecular formula is C13H21NO. The highest BCUT2D eigenvalue weighted by Crippen LogP contribution is 2.10. The number of nitrogens with two attached hydrogens (primary N) is 1. The number of hydrogen-bond acceptors (Lipinski definition) is 2. The Morgan fingerprint density at radius 2 is 2.07 bits per heavy atom. The minimum Gasteiger partial charge on any atom is -0.385 e. The van der Waals surface area contributed by atoms with Gasteiger partial charge in [0.15, 0.2) is 0 Å². The zero-order valence-corrected chi connectivity index (χ0v) is 9.70. The molecule has 2 N–H and O–H groups in total. The van der Waals surface area contributed by atoms with Gasteiger partial charge in [0.2, 0.25) is 0 Å². The molecular weight excluding hydrogens is 186 g/mol. The van der Waals surface area contributed by atoms with E-state index < -0.39 is 0 Å². The maximum atomic E-state index is 6.06. The average Bonchev–Trinajstić information content (AvgIpc) is 2.22. The lowest BCUT2D eigenvalue weighted by atomic mass is 9.99. The highest BCUT2D eigenvalue weighted by molar-refractivity contribution is 5.26. The predicted molar refractivity (Wildman–Crippen MR) is 64.0 cm³/mol. The molecule has 0 aromatic heterocycles. The minimum atomic E-state index is 0.251. The van der Waals surface area contributed by atoms with Gasteiger partial charge >= 0.3 is 0 Å². The lowest BCUT2D eigenvalue weighted by molar-refractivity contribution is 0.190. The van der Waals surface area contributed by atoms with Crippen molar-refractivity contribution in [1.82, 2.24) is 0 Å². The van der Waals surface area contributed by atoms with Gasteiger partial charge in [0.25, 0.3) is 0 Å². The van der Waals surface area contributed by atoms with Crippen LogP contribution in [0, 0.1) is 6.92 Å². The standard InChI is InChI=1S/C13H21NO/c1-11-6-3-4-7-12(11)10-13(14)8-5-9-15-2/h3-4,6-7,13H,5,8-10,14H2,1-2H3. The predicted octanol–water partition coefficient (Wildman–Crippen LogP) is 2.29. The largest absolute Gasteiger partial charge is 0.385 e. The molecule has 0 heterocycles. The summed E-state index contributed by atoms with van der Waals surface area (Å²) in [4.78, 5) is 0. The molecule has 0 spiro atoms. The lowest BCUT2D eigenvalue weighted by Crippen LogP contribution is -2.23. The maximum Gasteiger partial charge on any atom is 0.0462 e. The molecule has 1 unspecified atom stereocenters. The third-order valence-corrected chi connectivity index (χ3v) is 2.67. The summed E-state index contributed by atoms with van der Waals surface area (Å²) in [5.41, 5.74) is 8.76. The smallest absolute Gasteiger partial charge is 0.0462 e. The second kappa shape index (κ2) is 6.59. The first-order chi connectivity index (χ1) is 7.24. The Morgan fingerprint density at radius 3 is 2.73 bits per heavy atom. The molecule has 0 aliphatic rings. The van der Waals surface area contributed by atoms with Crippen LogP contribution in [0.25, 0.3) is 0 Å². The zero-order valence-electron chi connectivity index (χ0n) is 9.70. The SMILES string of the molecule is COCCCC(N)Cc1ccccc1C. The van der Waals surface area contributed by atoms with E-state index in [-0.39, 0.29) is 6.04 Å². The topological polar surface area (TPSA) is 35.2 Å². The van der Waals surface area contributed by atoms with Gasteiger partial charge in [-0.2, -0.15) is 0 Å². The first kappa shape index (κ1) is 12.2. The van der Waals surface area contributed by atoms with Gasteiger partial charge in [-0.05, 0) is 37.3 Å². The fourth-order valence-corrected chi connectivity index (χ4v) is 1.71. The third-order valence-electron chi connectivity index (χ3n) is 2.67. The molecule has 0 saturated carbocycles. The Bertz CT molecular complexity index is 286. The van der Waals surface area contributed by atoms with E-state index in [9.17, 15) is 0 Å². The van der Waals surface area contributed by atoms with Crippen molar-refractivity contribution >= 4 is 0 Å². The van der Waals surface area contributed by atoms with Gasteiger partial charge in [0.1, 0.15) is 0 Å². The fraction of sp³-hybridized carbons (Fsp3) is 0.538. The molecule has 1 rings (SSSR count). The van der Waals surface area contributed by atoms with Crippen molar-refractivity contribution in [3.63, 3.8) is 0 Å². The molecule has 0 radical (unpaired) electrons. The van der Waals surface area contributed by atoms with E-state index in [1.54, 1.807) is 7.11 Å². The zero-order chi connectivity index (χ0) is 11.1. The lowest BCUT2D eigenvalue weighted by Gasteiger charge is -2.12.